The molecule has 0 spiro atoms. The van der Waals surface area contributed by atoms with Gasteiger partial charge in [0.1, 0.15) is 12.3 Å². The fourth-order valence-corrected chi connectivity index (χ4v) is 2.09. The van der Waals surface area contributed by atoms with Crippen LogP contribution in [0, 0.1) is 0 Å². The summed E-state index contributed by atoms with van der Waals surface area (Å²) in [7, 11) is 1.50. The standard InChI is InChI=1S/C16H14ClNO5/c1-23-14-5-2-10(17)6-9(14)7-18-8-13(20)11-3-4-12(19)16(22)15(11)21/h2-7,19,21-22H,8H2,1H3. The smallest absolute Gasteiger partial charge is 0.201 e. The molecule has 0 amide bonds. The summed E-state index contributed by atoms with van der Waals surface area (Å²) in [4.78, 5) is 16.0. The minimum atomic E-state index is -0.739. The number of ketones is 1. The van der Waals surface area contributed by atoms with Crippen molar-refractivity contribution in [1.82, 2.24) is 0 Å². The number of carbonyl (C=O) groups excluding carboxylic acids is 1. The minimum absolute atomic E-state index is 0.129. The quantitative estimate of drug-likeness (QED) is 0.443. The number of rotatable bonds is 5. The molecule has 0 atom stereocenters. The van der Waals surface area contributed by atoms with Gasteiger partial charge in [-0.05, 0) is 30.3 Å². The molecule has 3 N–H and O–H groups in total. The molecule has 0 saturated heterocycles. The van der Waals surface area contributed by atoms with Crippen LogP contribution >= 0.6 is 11.6 Å². The second kappa shape index (κ2) is 7.02. The molecule has 0 aromatic heterocycles. The summed E-state index contributed by atoms with van der Waals surface area (Å²) in [6.07, 6.45) is 1.43. The summed E-state index contributed by atoms with van der Waals surface area (Å²) in [5, 5.41) is 28.8. The maximum atomic E-state index is 12.0. The summed E-state index contributed by atoms with van der Waals surface area (Å²) < 4.78 is 5.15. The maximum absolute atomic E-state index is 12.0. The van der Waals surface area contributed by atoms with Crippen LogP contribution in [-0.4, -0.2) is 41.0 Å². The number of hydrogen-bond donors (Lipinski definition) is 3. The number of aliphatic imine (C=N–C) groups is 1. The highest BCUT2D eigenvalue weighted by Crippen LogP contribution is 2.37. The lowest BCUT2D eigenvalue weighted by Crippen LogP contribution is -2.04. The highest BCUT2D eigenvalue weighted by atomic mass is 35.5. The van der Waals surface area contributed by atoms with E-state index >= 15 is 0 Å². The van der Waals surface area contributed by atoms with Gasteiger partial charge in [-0.1, -0.05) is 11.6 Å². The number of benzene rings is 2. The number of phenols is 3. The first-order valence-electron chi connectivity index (χ1n) is 6.54. The van der Waals surface area contributed by atoms with Crippen LogP contribution in [0.25, 0.3) is 0 Å². The van der Waals surface area contributed by atoms with Gasteiger partial charge in [0.25, 0.3) is 0 Å². The number of aromatic hydroxyl groups is 3. The Morgan fingerprint density at radius 3 is 2.65 bits per heavy atom. The van der Waals surface area contributed by atoms with E-state index in [-0.39, 0.29) is 12.1 Å². The lowest BCUT2D eigenvalue weighted by Gasteiger charge is -2.06. The van der Waals surface area contributed by atoms with Crippen LogP contribution in [0.3, 0.4) is 0 Å². The molecule has 7 heteroatoms. The van der Waals surface area contributed by atoms with Crippen molar-refractivity contribution in [2.75, 3.05) is 13.7 Å². The SMILES string of the molecule is COc1ccc(Cl)cc1C=NCC(=O)c1ccc(O)c(O)c1O. The fourth-order valence-electron chi connectivity index (χ4n) is 1.91. The Bertz CT molecular complexity index is 773. The zero-order chi connectivity index (χ0) is 17.0. The van der Waals surface area contributed by atoms with E-state index in [0.717, 1.165) is 6.07 Å². The third kappa shape index (κ3) is 3.73. The van der Waals surface area contributed by atoms with Gasteiger partial charge in [0.05, 0.1) is 12.7 Å². The number of nitrogens with zero attached hydrogens (tertiary/aromatic N) is 1. The molecule has 2 aromatic carbocycles. The van der Waals surface area contributed by atoms with E-state index in [4.69, 9.17) is 16.3 Å². The fraction of sp³-hybridized carbons (Fsp3) is 0.125. The van der Waals surface area contributed by atoms with E-state index in [1.54, 1.807) is 18.2 Å². The molecule has 23 heavy (non-hydrogen) atoms. The van der Waals surface area contributed by atoms with E-state index in [2.05, 4.69) is 4.99 Å². The molecule has 120 valence electrons. The number of hydrogen-bond acceptors (Lipinski definition) is 6. The van der Waals surface area contributed by atoms with Gasteiger partial charge in [-0.2, -0.15) is 0 Å². The van der Waals surface area contributed by atoms with Crippen LogP contribution in [0.2, 0.25) is 5.02 Å². The number of Topliss-reactive ketones (excluding diaryl/α,β-unsaturated/α-hetero) is 1. The molecular formula is C16H14ClNO5. The van der Waals surface area contributed by atoms with Crippen molar-refractivity contribution in [2.24, 2.45) is 4.99 Å². The van der Waals surface area contributed by atoms with Crippen molar-refractivity contribution in [3.05, 3.63) is 46.5 Å². The number of halogens is 1. The van der Waals surface area contributed by atoms with E-state index in [1.165, 1.54) is 19.4 Å². The Labute approximate surface area is 137 Å². The second-order valence-corrected chi connectivity index (χ2v) is 5.05. The number of phenolic OH excluding ortho intramolecular Hbond substituents is 3. The number of ether oxygens (including phenoxy) is 1. The monoisotopic (exact) mass is 335 g/mol. The highest BCUT2D eigenvalue weighted by molar-refractivity contribution is 6.30. The lowest BCUT2D eigenvalue weighted by molar-refractivity contribution is 0.0999. The summed E-state index contributed by atoms with van der Waals surface area (Å²) in [6, 6.07) is 7.31. The van der Waals surface area contributed by atoms with Crippen molar-refractivity contribution in [1.29, 1.82) is 0 Å². The molecule has 0 saturated carbocycles. The summed E-state index contributed by atoms with van der Waals surface area (Å²) >= 11 is 5.90. The van der Waals surface area contributed by atoms with Crippen LogP contribution in [0.4, 0.5) is 0 Å². The van der Waals surface area contributed by atoms with Gasteiger partial charge in [-0.25, -0.2) is 0 Å². The van der Waals surface area contributed by atoms with E-state index < -0.39 is 23.0 Å². The molecule has 6 nitrogen and oxygen atoms in total. The first-order chi connectivity index (χ1) is 10.9. The molecule has 0 bridgehead atoms. The van der Waals surface area contributed by atoms with Crippen molar-refractivity contribution < 1.29 is 24.9 Å². The van der Waals surface area contributed by atoms with Crippen molar-refractivity contribution in [2.45, 2.75) is 0 Å². The zero-order valence-electron chi connectivity index (χ0n) is 12.2. The lowest BCUT2D eigenvalue weighted by atomic mass is 10.1. The van der Waals surface area contributed by atoms with Gasteiger partial charge in [0, 0.05) is 16.8 Å². The summed E-state index contributed by atoms with van der Waals surface area (Å²) in [6.45, 7) is -0.257. The van der Waals surface area contributed by atoms with Crippen LogP contribution in [-0.2, 0) is 0 Å². The Kier molecular flexibility index (Phi) is 5.08. The zero-order valence-corrected chi connectivity index (χ0v) is 12.9. The average molecular weight is 336 g/mol. The molecule has 0 unspecified atom stereocenters. The maximum Gasteiger partial charge on any atom is 0.201 e. The van der Waals surface area contributed by atoms with Gasteiger partial charge >= 0.3 is 0 Å². The molecule has 0 heterocycles. The van der Waals surface area contributed by atoms with Gasteiger partial charge in [0.15, 0.2) is 17.3 Å². The topological polar surface area (TPSA) is 99.4 Å². The first kappa shape index (κ1) is 16.6. The van der Waals surface area contributed by atoms with Gasteiger partial charge in [0.2, 0.25) is 5.75 Å². The number of carbonyl (C=O) groups is 1. The van der Waals surface area contributed by atoms with Crippen LogP contribution in [0.1, 0.15) is 15.9 Å². The Balaban J connectivity index is 2.16. The molecule has 0 fully saturated rings. The van der Waals surface area contributed by atoms with Crippen molar-refractivity contribution in [3.63, 3.8) is 0 Å². The van der Waals surface area contributed by atoms with E-state index in [9.17, 15) is 20.1 Å². The Hall–Kier alpha value is -2.73. The van der Waals surface area contributed by atoms with Gasteiger partial charge < -0.3 is 20.1 Å². The van der Waals surface area contributed by atoms with E-state index in [0.29, 0.717) is 16.3 Å². The van der Waals surface area contributed by atoms with Crippen LogP contribution < -0.4 is 4.74 Å². The molecular weight excluding hydrogens is 322 g/mol. The largest absolute Gasteiger partial charge is 0.504 e. The molecule has 0 radical (unpaired) electrons. The highest BCUT2D eigenvalue weighted by Gasteiger charge is 2.16. The first-order valence-corrected chi connectivity index (χ1v) is 6.92. The molecule has 2 rings (SSSR count). The predicted molar refractivity (Wildman–Crippen MR) is 86.2 cm³/mol. The molecule has 2 aromatic rings. The van der Waals surface area contributed by atoms with Gasteiger partial charge in [-0.15, -0.1) is 0 Å². The predicted octanol–water partition coefficient (Wildman–Crippen LogP) is 2.77. The summed E-state index contributed by atoms with van der Waals surface area (Å²) in [5.41, 5.74) is 0.473. The molecule has 0 aliphatic rings. The second-order valence-electron chi connectivity index (χ2n) is 4.61. The van der Waals surface area contributed by atoms with E-state index in [1.807, 2.05) is 0 Å². The van der Waals surface area contributed by atoms with Gasteiger partial charge in [-0.3, -0.25) is 9.79 Å². The third-order valence-electron chi connectivity index (χ3n) is 3.09. The molecule has 0 aliphatic heterocycles. The summed E-state index contributed by atoms with van der Waals surface area (Å²) in [5.74, 6) is -1.89. The number of methoxy groups -OCH3 is 1. The van der Waals surface area contributed by atoms with Crippen molar-refractivity contribution >= 4 is 23.6 Å². The Morgan fingerprint density at radius 1 is 1.22 bits per heavy atom. The van der Waals surface area contributed by atoms with Crippen LogP contribution in [0.15, 0.2) is 35.3 Å². The Morgan fingerprint density at radius 2 is 1.96 bits per heavy atom. The van der Waals surface area contributed by atoms with Crippen molar-refractivity contribution in [3.8, 4) is 23.0 Å². The normalized spacial score (nSPS) is 10.9. The van der Waals surface area contributed by atoms with Crippen LogP contribution in [0.5, 0.6) is 23.0 Å². The molecule has 0 aliphatic carbocycles. The average Bonchev–Trinajstić information content (AvgIpc) is 2.53. The third-order valence-corrected chi connectivity index (χ3v) is 3.32. The minimum Gasteiger partial charge on any atom is -0.504 e.